The molecule has 0 saturated carbocycles. The third-order valence-corrected chi connectivity index (χ3v) is 7.60. The molecule has 2 aromatic rings. The highest BCUT2D eigenvalue weighted by Gasteiger charge is 2.33. The molecule has 0 aromatic heterocycles. The summed E-state index contributed by atoms with van der Waals surface area (Å²) < 4.78 is 42.3. The summed E-state index contributed by atoms with van der Waals surface area (Å²) in [4.78, 5) is 27.8. The van der Waals surface area contributed by atoms with Crippen molar-refractivity contribution in [2.24, 2.45) is 0 Å². The first-order chi connectivity index (χ1) is 16.5. The van der Waals surface area contributed by atoms with E-state index in [9.17, 15) is 22.4 Å². The Morgan fingerprint density at radius 2 is 1.60 bits per heavy atom. The van der Waals surface area contributed by atoms with Gasteiger partial charge >= 0.3 is 10.2 Å². The molecule has 8 nitrogen and oxygen atoms in total. The molecule has 192 valence electrons. The maximum Gasteiger partial charge on any atom is 0.304 e. The summed E-state index contributed by atoms with van der Waals surface area (Å²) in [7, 11) is -1.58. The molecule has 2 atom stereocenters. The lowest BCUT2D eigenvalue weighted by molar-refractivity contribution is -0.139. The van der Waals surface area contributed by atoms with E-state index in [4.69, 9.17) is 0 Å². The van der Waals surface area contributed by atoms with Crippen molar-refractivity contribution >= 4 is 27.7 Å². The largest absolute Gasteiger partial charge is 0.352 e. The highest BCUT2D eigenvalue weighted by Crippen LogP contribution is 2.23. The Balaban J connectivity index is 2.39. The molecule has 0 heterocycles. The third kappa shape index (κ3) is 7.50. The molecule has 0 spiro atoms. The summed E-state index contributed by atoms with van der Waals surface area (Å²) in [6.07, 6.45) is 1.19. The van der Waals surface area contributed by atoms with Gasteiger partial charge in [-0.25, -0.2) is 8.70 Å². The molecule has 0 aliphatic carbocycles. The minimum absolute atomic E-state index is 0.0833. The van der Waals surface area contributed by atoms with E-state index in [-0.39, 0.29) is 24.2 Å². The molecule has 0 saturated heterocycles. The number of hydrogen-bond acceptors (Lipinski definition) is 4. The van der Waals surface area contributed by atoms with Gasteiger partial charge in [0.15, 0.2) is 0 Å². The molecule has 1 N–H and O–H groups in total. The maximum absolute atomic E-state index is 14.6. The average Bonchev–Trinajstić information content (AvgIpc) is 2.83. The summed E-state index contributed by atoms with van der Waals surface area (Å²) in [5.41, 5.74) is 0.723. The first-order valence-electron chi connectivity index (χ1n) is 11.6. The zero-order valence-corrected chi connectivity index (χ0v) is 21.8. The molecule has 0 aliphatic rings. The SMILES string of the molecule is CCC(C)NC(=O)C(C)N(CCc1ccccc1)C(=O)CN(c1ccccc1F)S(=O)(=O)N(C)C. The van der Waals surface area contributed by atoms with Crippen LogP contribution in [-0.4, -0.2) is 68.7 Å². The van der Waals surface area contributed by atoms with Crippen LogP contribution in [0.5, 0.6) is 0 Å². The standard InChI is InChI=1S/C25H35FN4O4S/c1-6-19(2)27-25(32)20(3)29(17-16-21-12-8-7-9-13-21)24(31)18-30(35(33,34)28(4)5)23-15-11-10-14-22(23)26/h7-15,19-20H,6,16-18H2,1-5H3,(H,27,32). The first-order valence-corrected chi connectivity index (χ1v) is 13.0. The fourth-order valence-electron chi connectivity index (χ4n) is 3.39. The number of nitrogens with one attached hydrogen (secondary N) is 1. The summed E-state index contributed by atoms with van der Waals surface area (Å²) in [5, 5.41) is 2.87. The lowest BCUT2D eigenvalue weighted by Crippen LogP contribution is -2.54. The Hall–Kier alpha value is -2.98. The van der Waals surface area contributed by atoms with Crippen LogP contribution in [0.1, 0.15) is 32.8 Å². The van der Waals surface area contributed by atoms with Crippen LogP contribution in [0.25, 0.3) is 0 Å². The normalized spacial score (nSPS) is 13.2. The molecule has 2 aromatic carbocycles. The van der Waals surface area contributed by atoms with Crippen molar-refractivity contribution in [2.75, 3.05) is 31.5 Å². The van der Waals surface area contributed by atoms with Crippen molar-refractivity contribution < 1.29 is 22.4 Å². The zero-order valence-electron chi connectivity index (χ0n) is 20.9. The van der Waals surface area contributed by atoms with Crippen molar-refractivity contribution in [3.05, 3.63) is 66.0 Å². The Morgan fingerprint density at radius 3 is 2.17 bits per heavy atom. The Labute approximate surface area is 207 Å². The van der Waals surface area contributed by atoms with Crippen LogP contribution >= 0.6 is 0 Å². The second-order valence-electron chi connectivity index (χ2n) is 8.56. The Bertz CT molecular complexity index is 1100. The lowest BCUT2D eigenvalue weighted by atomic mass is 10.1. The highest BCUT2D eigenvalue weighted by molar-refractivity contribution is 7.90. The van der Waals surface area contributed by atoms with E-state index in [2.05, 4.69) is 5.32 Å². The number of anilines is 1. The summed E-state index contributed by atoms with van der Waals surface area (Å²) in [6, 6.07) is 13.9. The fourth-order valence-corrected chi connectivity index (χ4v) is 4.46. The Morgan fingerprint density at radius 1 is 1.00 bits per heavy atom. The van der Waals surface area contributed by atoms with Gasteiger partial charge in [-0.1, -0.05) is 49.4 Å². The Kier molecular flexibility index (Phi) is 10.2. The maximum atomic E-state index is 14.6. The summed E-state index contributed by atoms with van der Waals surface area (Å²) in [6.45, 7) is 4.94. The molecule has 0 radical (unpaired) electrons. The van der Waals surface area contributed by atoms with E-state index < -0.39 is 34.5 Å². The van der Waals surface area contributed by atoms with Gasteiger partial charge in [0, 0.05) is 26.7 Å². The molecule has 10 heteroatoms. The van der Waals surface area contributed by atoms with Gasteiger partial charge in [0.2, 0.25) is 11.8 Å². The van der Waals surface area contributed by atoms with E-state index in [0.717, 1.165) is 26.7 Å². The number of carbonyl (C=O) groups excluding carboxylic acids is 2. The molecule has 2 amide bonds. The molecule has 2 rings (SSSR count). The zero-order chi connectivity index (χ0) is 26.2. The summed E-state index contributed by atoms with van der Waals surface area (Å²) >= 11 is 0. The number of halogens is 1. The number of rotatable bonds is 12. The smallest absolute Gasteiger partial charge is 0.304 e. The molecular weight excluding hydrogens is 471 g/mol. The van der Waals surface area contributed by atoms with Crippen molar-refractivity contribution in [1.29, 1.82) is 0 Å². The van der Waals surface area contributed by atoms with Crippen LogP contribution in [-0.2, 0) is 26.2 Å². The van der Waals surface area contributed by atoms with E-state index in [1.165, 1.54) is 37.2 Å². The number of benzene rings is 2. The molecule has 0 bridgehead atoms. The van der Waals surface area contributed by atoms with Crippen LogP contribution in [0, 0.1) is 5.82 Å². The molecular formula is C25H35FN4O4S. The second kappa shape index (κ2) is 12.6. The van der Waals surface area contributed by atoms with Gasteiger partial charge in [0.1, 0.15) is 18.4 Å². The number of nitrogens with zero attached hydrogens (tertiary/aromatic N) is 3. The van der Waals surface area contributed by atoms with Crippen LogP contribution in [0.4, 0.5) is 10.1 Å². The van der Waals surface area contributed by atoms with Crippen LogP contribution < -0.4 is 9.62 Å². The van der Waals surface area contributed by atoms with Gasteiger partial charge in [-0.05, 0) is 44.4 Å². The monoisotopic (exact) mass is 506 g/mol. The van der Waals surface area contributed by atoms with Gasteiger partial charge in [-0.2, -0.15) is 12.7 Å². The number of para-hydroxylation sites is 1. The van der Waals surface area contributed by atoms with E-state index in [0.29, 0.717) is 6.42 Å². The fraction of sp³-hybridized carbons (Fsp3) is 0.440. The third-order valence-electron chi connectivity index (χ3n) is 5.79. The van der Waals surface area contributed by atoms with Crippen LogP contribution in [0.2, 0.25) is 0 Å². The van der Waals surface area contributed by atoms with Gasteiger partial charge < -0.3 is 10.2 Å². The van der Waals surface area contributed by atoms with Gasteiger partial charge in [-0.15, -0.1) is 0 Å². The van der Waals surface area contributed by atoms with Gasteiger partial charge in [0.05, 0.1) is 5.69 Å². The predicted octanol–water partition coefficient (Wildman–Crippen LogP) is 2.81. The average molecular weight is 507 g/mol. The van der Waals surface area contributed by atoms with Crippen LogP contribution in [0.15, 0.2) is 54.6 Å². The quantitative estimate of drug-likeness (QED) is 0.479. The topological polar surface area (TPSA) is 90.0 Å². The molecule has 2 unspecified atom stereocenters. The lowest BCUT2D eigenvalue weighted by Gasteiger charge is -2.33. The van der Waals surface area contributed by atoms with Crippen molar-refractivity contribution in [3.63, 3.8) is 0 Å². The number of carbonyl (C=O) groups is 2. The molecule has 0 fully saturated rings. The second-order valence-corrected chi connectivity index (χ2v) is 10.6. The van der Waals surface area contributed by atoms with Crippen molar-refractivity contribution in [1.82, 2.24) is 14.5 Å². The minimum Gasteiger partial charge on any atom is -0.352 e. The number of amides is 2. The van der Waals surface area contributed by atoms with Crippen molar-refractivity contribution in [3.8, 4) is 0 Å². The van der Waals surface area contributed by atoms with Crippen molar-refractivity contribution in [2.45, 2.75) is 45.7 Å². The number of hydrogen-bond donors (Lipinski definition) is 1. The van der Waals surface area contributed by atoms with E-state index in [1.807, 2.05) is 44.2 Å². The van der Waals surface area contributed by atoms with Crippen LogP contribution in [0.3, 0.4) is 0 Å². The van der Waals surface area contributed by atoms with E-state index in [1.54, 1.807) is 6.92 Å². The summed E-state index contributed by atoms with van der Waals surface area (Å²) in [5.74, 6) is -1.72. The highest BCUT2D eigenvalue weighted by atomic mass is 32.2. The molecule has 35 heavy (non-hydrogen) atoms. The van der Waals surface area contributed by atoms with E-state index >= 15 is 0 Å². The minimum atomic E-state index is -4.20. The van der Waals surface area contributed by atoms with Gasteiger partial charge in [-0.3, -0.25) is 9.59 Å². The first kappa shape index (κ1) is 28.3. The molecule has 0 aliphatic heterocycles. The predicted molar refractivity (Wildman–Crippen MR) is 136 cm³/mol. The van der Waals surface area contributed by atoms with Gasteiger partial charge in [0.25, 0.3) is 0 Å².